The molecule has 0 unspecified atom stereocenters. The molecule has 1 saturated heterocycles. The average Bonchev–Trinajstić information content (AvgIpc) is 2.71. The van der Waals surface area contributed by atoms with E-state index in [9.17, 15) is 9.59 Å². The largest absolute Gasteiger partial charge is 0.444 e. The monoisotopic (exact) mass is 257 g/mol. The van der Waals surface area contributed by atoms with E-state index >= 15 is 0 Å². The van der Waals surface area contributed by atoms with Gasteiger partial charge in [-0.15, -0.1) is 0 Å². The van der Waals surface area contributed by atoms with Crippen molar-refractivity contribution in [3.63, 3.8) is 0 Å². The van der Waals surface area contributed by atoms with Crippen molar-refractivity contribution in [3.8, 4) is 0 Å². The summed E-state index contributed by atoms with van der Waals surface area (Å²) in [6.45, 7) is 7.43. The third kappa shape index (κ3) is 4.91. The number of alkyl carbamates (subject to hydrolysis) is 1. The lowest BCUT2D eigenvalue weighted by molar-refractivity contribution is -0.128. The zero-order valence-corrected chi connectivity index (χ0v) is 11.4. The highest BCUT2D eigenvalue weighted by atomic mass is 16.6. The molecule has 0 aromatic heterocycles. The Balaban J connectivity index is 2.26. The molecule has 0 aromatic rings. The lowest BCUT2D eigenvalue weighted by Gasteiger charge is -2.20. The molecule has 18 heavy (non-hydrogen) atoms. The lowest BCUT2D eigenvalue weighted by atomic mass is 10.1. The molecular formula is C12H23N3O3. The number of hydrogen-bond acceptors (Lipinski definition) is 4. The van der Waals surface area contributed by atoms with E-state index in [0.29, 0.717) is 13.1 Å². The third-order valence-electron chi connectivity index (χ3n) is 2.75. The first-order valence-corrected chi connectivity index (χ1v) is 6.26. The molecule has 1 atom stereocenters. The Kier molecular flexibility index (Phi) is 4.95. The number of rotatable bonds is 3. The van der Waals surface area contributed by atoms with Crippen LogP contribution in [-0.4, -0.2) is 48.7 Å². The van der Waals surface area contributed by atoms with Crippen LogP contribution in [0.3, 0.4) is 0 Å². The van der Waals surface area contributed by atoms with E-state index in [4.69, 9.17) is 10.5 Å². The minimum Gasteiger partial charge on any atom is -0.444 e. The maximum Gasteiger partial charge on any atom is 0.407 e. The van der Waals surface area contributed by atoms with Gasteiger partial charge in [-0.25, -0.2) is 4.79 Å². The van der Waals surface area contributed by atoms with E-state index in [0.717, 1.165) is 13.0 Å². The van der Waals surface area contributed by atoms with Gasteiger partial charge in [-0.2, -0.15) is 0 Å². The van der Waals surface area contributed by atoms with Crippen molar-refractivity contribution >= 4 is 12.0 Å². The lowest BCUT2D eigenvalue weighted by Crippen LogP contribution is -2.37. The second-order valence-corrected chi connectivity index (χ2v) is 5.58. The Morgan fingerprint density at radius 3 is 2.67 bits per heavy atom. The molecule has 104 valence electrons. The Morgan fingerprint density at radius 2 is 2.11 bits per heavy atom. The van der Waals surface area contributed by atoms with Crippen LogP contribution >= 0.6 is 0 Å². The number of nitrogens with two attached hydrogens (primary N) is 1. The first-order chi connectivity index (χ1) is 8.31. The minimum absolute atomic E-state index is 0.0326. The zero-order valence-electron chi connectivity index (χ0n) is 11.4. The highest BCUT2D eigenvalue weighted by Gasteiger charge is 2.26. The molecule has 0 aliphatic carbocycles. The third-order valence-corrected chi connectivity index (χ3v) is 2.75. The van der Waals surface area contributed by atoms with Crippen LogP contribution in [0, 0.1) is 5.92 Å². The Bertz CT molecular complexity index is 312. The van der Waals surface area contributed by atoms with E-state index in [1.54, 1.807) is 4.90 Å². The molecule has 6 heteroatoms. The molecule has 0 aromatic carbocycles. The van der Waals surface area contributed by atoms with Gasteiger partial charge in [0.1, 0.15) is 5.60 Å². The quantitative estimate of drug-likeness (QED) is 0.762. The molecule has 1 aliphatic rings. The molecule has 0 bridgehead atoms. The topological polar surface area (TPSA) is 84.7 Å². The van der Waals surface area contributed by atoms with Crippen LogP contribution in [0.4, 0.5) is 4.79 Å². The van der Waals surface area contributed by atoms with Crippen LogP contribution in [0.2, 0.25) is 0 Å². The van der Waals surface area contributed by atoms with Gasteiger partial charge in [0.25, 0.3) is 0 Å². The van der Waals surface area contributed by atoms with E-state index in [2.05, 4.69) is 5.32 Å². The van der Waals surface area contributed by atoms with Crippen LogP contribution in [0.5, 0.6) is 0 Å². The van der Waals surface area contributed by atoms with Gasteiger partial charge in [-0.05, 0) is 33.1 Å². The fourth-order valence-corrected chi connectivity index (χ4v) is 1.90. The van der Waals surface area contributed by atoms with Gasteiger partial charge in [0, 0.05) is 19.6 Å². The van der Waals surface area contributed by atoms with Crippen LogP contribution < -0.4 is 11.1 Å². The second kappa shape index (κ2) is 6.04. The van der Waals surface area contributed by atoms with E-state index in [1.165, 1.54) is 0 Å². The summed E-state index contributed by atoms with van der Waals surface area (Å²) in [5.41, 5.74) is 4.82. The predicted octanol–water partition coefficient (Wildman–Crippen LogP) is 0.318. The first-order valence-electron chi connectivity index (χ1n) is 6.26. The van der Waals surface area contributed by atoms with Crippen molar-refractivity contribution in [3.05, 3.63) is 0 Å². The van der Waals surface area contributed by atoms with Gasteiger partial charge in [0.2, 0.25) is 5.91 Å². The van der Waals surface area contributed by atoms with Crippen LogP contribution in [0.1, 0.15) is 27.2 Å². The number of likely N-dealkylation sites (tertiary alicyclic amines) is 1. The molecule has 1 fully saturated rings. The van der Waals surface area contributed by atoms with E-state index in [1.807, 2.05) is 20.8 Å². The fourth-order valence-electron chi connectivity index (χ4n) is 1.90. The summed E-state index contributed by atoms with van der Waals surface area (Å²) in [7, 11) is 0. The summed E-state index contributed by atoms with van der Waals surface area (Å²) in [6, 6.07) is 0. The van der Waals surface area contributed by atoms with Crippen molar-refractivity contribution in [1.82, 2.24) is 10.2 Å². The number of amides is 2. The number of nitrogens with one attached hydrogen (secondary N) is 1. The Hall–Kier alpha value is -1.30. The molecule has 3 N–H and O–H groups in total. The summed E-state index contributed by atoms with van der Waals surface area (Å²) in [5, 5.41) is 2.73. The summed E-state index contributed by atoms with van der Waals surface area (Å²) < 4.78 is 5.14. The van der Waals surface area contributed by atoms with Crippen molar-refractivity contribution in [2.24, 2.45) is 11.7 Å². The standard InChI is InChI=1S/C12H23N3O3/c1-12(2,3)18-11(17)14-7-9-4-5-15(8-9)10(16)6-13/h9H,4-8,13H2,1-3H3,(H,14,17)/t9-/m1/s1. The smallest absolute Gasteiger partial charge is 0.407 e. The summed E-state index contributed by atoms with van der Waals surface area (Å²) >= 11 is 0. The molecule has 1 heterocycles. The highest BCUT2D eigenvalue weighted by molar-refractivity contribution is 5.78. The van der Waals surface area contributed by atoms with Crippen molar-refractivity contribution in [2.75, 3.05) is 26.2 Å². The number of carbonyl (C=O) groups is 2. The highest BCUT2D eigenvalue weighted by Crippen LogP contribution is 2.15. The molecule has 1 rings (SSSR count). The van der Waals surface area contributed by atoms with E-state index < -0.39 is 11.7 Å². The number of hydrogen-bond donors (Lipinski definition) is 2. The van der Waals surface area contributed by atoms with Crippen LogP contribution in [0.25, 0.3) is 0 Å². The van der Waals surface area contributed by atoms with Gasteiger partial charge >= 0.3 is 6.09 Å². The molecule has 2 amide bonds. The number of carbonyl (C=O) groups excluding carboxylic acids is 2. The molecular weight excluding hydrogens is 234 g/mol. The Morgan fingerprint density at radius 1 is 1.44 bits per heavy atom. The van der Waals surface area contributed by atoms with Gasteiger partial charge in [0.15, 0.2) is 0 Å². The Labute approximate surface area is 108 Å². The molecule has 0 spiro atoms. The zero-order chi connectivity index (χ0) is 13.8. The summed E-state index contributed by atoms with van der Waals surface area (Å²) in [4.78, 5) is 24.6. The SMILES string of the molecule is CC(C)(C)OC(=O)NC[C@H]1CCN(C(=O)CN)C1. The summed E-state index contributed by atoms with van der Waals surface area (Å²) in [6.07, 6.45) is 0.479. The van der Waals surface area contributed by atoms with Crippen molar-refractivity contribution < 1.29 is 14.3 Å². The molecule has 1 aliphatic heterocycles. The summed E-state index contributed by atoms with van der Waals surface area (Å²) in [5.74, 6) is 0.253. The fraction of sp³-hybridized carbons (Fsp3) is 0.833. The second-order valence-electron chi connectivity index (χ2n) is 5.58. The van der Waals surface area contributed by atoms with E-state index in [-0.39, 0.29) is 18.4 Å². The van der Waals surface area contributed by atoms with Crippen LogP contribution in [0.15, 0.2) is 0 Å². The van der Waals surface area contributed by atoms with Crippen molar-refractivity contribution in [2.45, 2.75) is 32.8 Å². The molecule has 0 saturated carbocycles. The van der Waals surface area contributed by atoms with Gasteiger partial charge in [-0.1, -0.05) is 0 Å². The van der Waals surface area contributed by atoms with Gasteiger partial charge in [0.05, 0.1) is 6.54 Å². The normalized spacial score (nSPS) is 19.8. The molecule has 0 radical (unpaired) electrons. The average molecular weight is 257 g/mol. The number of ether oxygens (including phenoxy) is 1. The molecule has 6 nitrogen and oxygen atoms in total. The number of nitrogens with zero attached hydrogens (tertiary/aromatic N) is 1. The minimum atomic E-state index is -0.485. The maximum atomic E-state index is 11.5. The van der Waals surface area contributed by atoms with Gasteiger partial charge in [-0.3, -0.25) is 4.79 Å². The van der Waals surface area contributed by atoms with Gasteiger partial charge < -0.3 is 20.7 Å². The van der Waals surface area contributed by atoms with Crippen LogP contribution in [-0.2, 0) is 9.53 Å². The maximum absolute atomic E-state index is 11.5. The predicted molar refractivity (Wildman–Crippen MR) is 68.0 cm³/mol. The first kappa shape index (κ1) is 14.8. The van der Waals surface area contributed by atoms with Crippen molar-refractivity contribution in [1.29, 1.82) is 0 Å².